The van der Waals surface area contributed by atoms with Crippen molar-refractivity contribution in [2.75, 3.05) is 25.0 Å². The lowest BCUT2D eigenvalue weighted by Crippen LogP contribution is -2.38. The van der Waals surface area contributed by atoms with Gasteiger partial charge in [0.15, 0.2) is 0 Å². The molecule has 0 radical (unpaired) electrons. The number of anilines is 1. The molecule has 186 valence electrons. The van der Waals surface area contributed by atoms with E-state index in [1.165, 1.54) is 25.7 Å². The van der Waals surface area contributed by atoms with Gasteiger partial charge in [-0.15, -0.1) is 0 Å². The van der Waals surface area contributed by atoms with Gasteiger partial charge in [0.25, 0.3) is 5.91 Å². The lowest BCUT2D eigenvalue weighted by molar-refractivity contribution is -0.117. The van der Waals surface area contributed by atoms with Crippen molar-refractivity contribution in [3.05, 3.63) is 29.8 Å². The highest BCUT2D eigenvalue weighted by Gasteiger charge is 2.51. The minimum Gasteiger partial charge on any atom is -0.335 e. The van der Waals surface area contributed by atoms with E-state index in [-0.39, 0.29) is 17.2 Å². The first kappa shape index (κ1) is 23.8. The van der Waals surface area contributed by atoms with Crippen molar-refractivity contribution in [3.8, 4) is 0 Å². The number of carbonyl (C=O) groups excluding carboxylic acids is 2. The fourth-order valence-corrected chi connectivity index (χ4v) is 8.71. The van der Waals surface area contributed by atoms with Crippen molar-refractivity contribution in [2.24, 2.45) is 21.7 Å². The van der Waals surface area contributed by atoms with Crippen LogP contribution in [0.3, 0.4) is 0 Å². The van der Waals surface area contributed by atoms with Crippen LogP contribution in [-0.4, -0.2) is 53.3 Å². The Morgan fingerprint density at radius 2 is 1.38 bits per heavy atom. The Morgan fingerprint density at radius 3 is 2.03 bits per heavy atom. The number of rotatable bonds is 4. The average Bonchev–Trinajstić information content (AvgIpc) is 3.07. The van der Waals surface area contributed by atoms with Crippen LogP contribution >= 0.6 is 0 Å². The minimum atomic E-state index is 0.0385. The Morgan fingerprint density at radius 1 is 0.824 bits per heavy atom. The summed E-state index contributed by atoms with van der Waals surface area (Å²) in [6.07, 6.45) is 6.98. The molecular weight excluding hydrogens is 422 g/mol. The van der Waals surface area contributed by atoms with Gasteiger partial charge in [0, 0.05) is 36.4 Å². The number of hydrogen-bond acceptors (Lipinski definition) is 3. The molecule has 4 aliphatic rings. The van der Waals surface area contributed by atoms with E-state index in [1.54, 1.807) is 0 Å². The molecule has 1 N–H and O–H groups in total. The van der Waals surface area contributed by atoms with Crippen molar-refractivity contribution in [3.63, 3.8) is 0 Å². The van der Waals surface area contributed by atoms with Gasteiger partial charge in [-0.25, -0.2) is 0 Å². The topological polar surface area (TPSA) is 52.7 Å². The molecule has 2 saturated heterocycles. The number of likely N-dealkylation sites (tertiary alicyclic amines) is 2. The van der Waals surface area contributed by atoms with E-state index in [4.69, 9.17) is 0 Å². The molecule has 2 saturated carbocycles. The molecule has 0 aromatic heterocycles. The van der Waals surface area contributed by atoms with Gasteiger partial charge in [-0.05, 0) is 84.5 Å². The lowest BCUT2D eigenvalue weighted by atomic mass is 9.65. The molecule has 2 amide bonds. The van der Waals surface area contributed by atoms with Crippen molar-refractivity contribution in [1.82, 2.24) is 9.80 Å². The predicted molar refractivity (Wildman–Crippen MR) is 137 cm³/mol. The smallest absolute Gasteiger partial charge is 0.254 e. The summed E-state index contributed by atoms with van der Waals surface area (Å²) >= 11 is 0. The Bertz CT molecular complexity index is 984. The van der Waals surface area contributed by atoms with Gasteiger partial charge in [-0.3, -0.25) is 14.5 Å². The standard InChI is InChI=1S/C29H43N3O2/c1-26(2)11-22-13-28(5,16-26)18-31(22)15-24(33)30-21-9-7-20(8-10-21)25(34)32-19-29(6)14-23(32)12-27(3,4)17-29/h7-10,22-23H,11-19H2,1-6H3,(H,30,33). The van der Waals surface area contributed by atoms with Crippen LogP contribution in [0.2, 0.25) is 0 Å². The summed E-state index contributed by atoms with van der Waals surface area (Å²) in [7, 11) is 0. The second-order valence-corrected chi connectivity index (χ2v) is 14.4. The molecule has 1 aromatic rings. The number of hydrogen-bond donors (Lipinski definition) is 1. The predicted octanol–water partition coefficient (Wildman–Crippen LogP) is 5.57. The zero-order chi connectivity index (χ0) is 24.5. The monoisotopic (exact) mass is 465 g/mol. The Balaban J connectivity index is 1.19. The third-order valence-electron chi connectivity index (χ3n) is 8.96. The SMILES string of the molecule is CC1(C)CC2CC(C)(CN2CC(=O)Nc2ccc(C(=O)N3CC4(C)CC3CC(C)(C)C4)cc2)C1. The van der Waals surface area contributed by atoms with Crippen LogP contribution in [0.1, 0.15) is 90.4 Å². The molecular formula is C29H43N3O2. The third-order valence-corrected chi connectivity index (χ3v) is 8.96. The van der Waals surface area contributed by atoms with Gasteiger partial charge < -0.3 is 10.2 Å². The van der Waals surface area contributed by atoms with Crippen molar-refractivity contribution in [1.29, 1.82) is 0 Å². The van der Waals surface area contributed by atoms with E-state index >= 15 is 0 Å². The lowest BCUT2D eigenvalue weighted by Gasteiger charge is -2.39. The molecule has 5 rings (SSSR count). The zero-order valence-corrected chi connectivity index (χ0v) is 22.0. The van der Waals surface area contributed by atoms with Gasteiger partial charge >= 0.3 is 0 Å². The number of carbonyl (C=O) groups is 2. The van der Waals surface area contributed by atoms with Crippen LogP contribution in [0.5, 0.6) is 0 Å². The van der Waals surface area contributed by atoms with Crippen LogP contribution in [-0.2, 0) is 4.79 Å². The molecule has 2 aliphatic heterocycles. The van der Waals surface area contributed by atoms with E-state index in [1.807, 2.05) is 24.3 Å². The maximum atomic E-state index is 13.3. The highest BCUT2D eigenvalue weighted by Crippen LogP contribution is 2.53. The molecule has 0 spiro atoms. The quantitative estimate of drug-likeness (QED) is 0.633. The molecule has 5 heteroatoms. The Labute approximate surface area is 205 Å². The average molecular weight is 466 g/mol. The van der Waals surface area contributed by atoms with Crippen LogP contribution in [0.15, 0.2) is 24.3 Å². The first-order chi connectivity index (χ1) is 15.7. The van der Waals surface area contributed by atoms with E-state index < -0.39 is 0 Å². The van der Waals surface area contributed by atoms with Crippen molar-refractivity contribution >= 4 is 17.5 Å². The third kappa shape index (κ3) is 4.65. The Kier molecular flexibility index (Phi) is 5.48. The zero-order valence-electron chi connectivity index (χ0n) is 22.0. The number of nitrogens with zero attached hydrogens (tertiary/aromatic N) is 2. The molecule has 5 nitrogen and oxygen atoms in total. The summed E-state index contributed by atoms with van der Waals surface area (Å²) in [6, 6.07) is 8.36. The number of nitrogens with one attached hydrogen (secondary N) is 1. The summed E-state index contributed by atoms with van der Waals surface area (Å²) in [5, 5.41) is 3.07. The first-order valence-corrected chi connectivity index (χ1v) is 13.2. The van der Waals surface area contributed by atoms with E-state index in [2.05, 4.69) is 56.7 Å². The van der Waals surface area contributed by atoms with Gasteiger partial charge in [0.05, 0.1) is 6.54 Å². The molecule has 2 aliphatic carbocycles. The van der Waals surface area contributed by atoms with E-state index in [0.29, 0.717) is 34.9 Å². The fraction of sp³-hybridized carbons (Fsp3) is 0.724. The number of fused-ring (bicyclic) bond motifs is 4. The summed E-state index contributed by atoms with van der Waals surface area (Å²) in [5.74, 6) is 0.168. The number of amides is 2. The summed E-state index contributed by atoms with van der Waals surface area (Å²) in [5.41, 5.74) is 2.69. The molecule has 1 aromatic carbocycles. The molecule has 4 unspecified atom stereocenters. The maximum Gasteiger partial charge on any atom is 0.254 e. The number of benzene rings is 1. The van der Waals surface area contributed by atoms with Crippen molar-refractivity contribution < 1.29 is 9.59 Å². The normalized spacial score (nSPS) is 35.9. The molecule has 4 bridgehead atoms. The Hall–Kier alpha value is -1.88. The van der Waals surface area contributed by atoms with Crippen LogP contribution in [0.4, 0.5) is 5.69 Å². The molecule has 4 atom stereocenters. The highest BCUT2D eigenvalue weighted by atomic mass is 16.2. The van der Waals surface area contributed by atoms with Crippen LogP contribution in [0, 0.1) is 21.7 Å². The highest BCUT2D eigenvalue weighted by molar-refractivity contribution is 5.96. The molecule has 2 heterocycles. The van der Waals surface area contributed by atoms with E-state index in [9.17, 15) is 9.59 Å². The van der Waals surface area contributed by atoms with Gasteiger partial charge in [-0.1, -0.05) is 41.5 Å². The summed E-state index contributed by atoms with van der Waals surface area (Å²) in [4.78, 5) is 30.7. The second kappa shape index (κ2) is 7.81. The second-order valence-electron chi connectivity index (χ2n) is 14.4. The minimum absolute atomic E-state index is 0.0385. The summed E-state index contributed by atoms with van der Waals surface area (Å²) < 4.78 is 0. The van der Waals surface area contributed by atoms with Gasteiger partial charge in [0.2, 0.25) is 5.91 Å². The first-order valence-electron chi connectivity index (χ1n) is 13.2. The van der Waals surface area contributed by atoms with E-state index in [0.717, 1.165) is 37.2 Å². The van der Waals surface area contributed by atoms with Crippen LogP contribution < -0.4 is 5.32 Å². The maximum absolute atomic E-state index is 13.3. The van der Waals surface area contributed by atoms with Crippen LogP contribution in [0.25, 0.3) is 0 Å². The fourth-order valence-electron chi connectivity index (χ4n) is 8.71. The van der Waals surface area contributed by atoms with Gasteiger partial charge in [-0.2, -0.15) is 0 Å². The summed E-state index contributed by atoms with van der Waals surface area (Å²) in [6.45, 7) is 16.4. The molecule has 34 heavy (non-hydrogen) atoms. The molecule has 4 fully saturated rings. The van der Waals surface area contributed by atoms with Crippen molar-refractivity contribution in [2.45, 2.75) is 92.2 Å². The van der Waals surface area contributed by atoms with Gasteiger partial charge in [0.1, 0.15) is 0 Å². The largest absolute Gasteiger partial charge is 0.335 e.